The van der Waals surface area contributed by atoms with Crippen molar-refractivity contribution in [3.05, 3.63) is 59.6 Å². The fraction of sp³-hybridized carbons (Fsp3) is 0.316. The minimum atomic E-state index is -0.172. The third-order valence-corrected chi connectivity index (χ3v) is 4.29. The summed E-state index contributed by atoms with van der Waals surface area (Å²) in [5, 5.41) is 11.3. The van der Waals surface area contributed by atoms with Gasteiger partial charge in [-0.1, -0.05) is 42.4 Å². The fourth-order valence-corrected chi connectivity index (χ4v) is 2.65. The highest BCUT2D eigenvalue weighted by molar-refractivity contribution is 5.92. The first-order valence-corrected chi connectivity index (χ1v) is 8.43. The molecule has 0 aliphatic rings. The third kappa shape index (κ3) is 3.63. The molecular weight excluding hydrogens is 316 g/mol. The molecule has 1 aromatic carbocycles. The molecule has 1 atom stereocenters. The molecule has 2 heterocycles. The first-order valence-electron chi connectivity index (χ1n) is 8.43. The van der Waals surface area contributed by atoms with E-state index >= 15 is 0 Å². The van der Waals surface area contributed by atoms with Gasteiger partial charge in [0.2, 0.25) is 0 Å². The van der Waals surface area contributed by atoms with E-state index in [2.05, 4.69) is 22.3 Å². The molecule has 130 valence electrons. The predicted molar refractivity (Wildman–Crippen MR) is 95.0 cm³/mol. The van der Waals surface area contributed by atoms with Gasteiger partial charge in [0.15, 0.2) is 5.69 Å². The number of carbonyl (C=O) groups is 1. The lowest BCUT2D eigenvalue weighted by Crippen LogP contribution is -2.30. The van der Waals surface area contributed by atoms with Crippen molar-refractivity contribution in [1.29, 1.82) is 0 Å². The Morgan fingerprint density at radius 1 is 1.28 bits per heavy atom. The number of aryl methyl sites for hydroxylation is 1. The van der Waals surface area contributed by atoms with Crippen LogP contribution in [0.3, 0.4) is 0 Å². The van der Waals surface area contributed by atoms with Gasteiger partial charge in [-0.05, 0) is 19.4 Å². The molecule has 0 saturated heterocycles. The zero-order valence-electron chi connectivity index (χ0n) is 14.7. The van der Waals surface area contributed by atoms with Crippen molar-refractivity contribution in [3.63, 3.8) is 0 Å². The molecular formula is C19H22N4O2. The van der Waals surface area contributed by atoms with Crippen LogP contribution in [0, 0.1) is 0 Å². The van der Waals surface area contributed by atoms with Crippen LogP contribution in [0.1, 0.15) is 48.3 Å². The van der Waals surface area contributed by atoms with Crippen LogP contribution in [0.25, 0.3) is 11.3 Å². The number of carbonyl (C=O) groups excluding carboxylic acids is 1. The fourth-order valence-electron chi connectivity index (χ4n) is 2.65. The van der Waals surface area contributed by atoms with Crippen LogP contribution in [0.5, 0.6) is 0 Å². The average molecular weight is 338 g/mol. The Bertz CT molecular complexity index is 838. The van der Waals surface area contributed by atoms with Crippen molar-refractivity contribution in [3.8, 4) is 11.3 Å². The van der Waals surface area contributed by atoms with E-state index in [1.165, 1.54) is 0 Å². The number of rotatable bonds is 6. The van der Waals surface area contributed by atoms with Crippen LogP contribution in [0.4, 0.5) is 0 Å². The number of amides is 1. The number of nitrogens with zero attached hydrogens (tertiary/aromatic N) is 3. The van der Waals surface area contributed by atoms with Gasteiger partial charge in [-0.25, -0.2) is 0 Å². The average Bonchev–Trinajstić information content (AvgIpc) is 3.31. The maximum Gasteiger partial charge on any atom is 0.276 e. The van der Waals surface area contributed by atoms with Gasteiger partial charge >= 0.3 is 0 Å². The van der Waals surface area contributed by atoms with Crippen LogP contribution in [0.15, 0.2) is 47.0 Å². The molecule has 0 aliphatic carbocycles. The quantitative estimate of drug-likeness (QED) is 0.741. The second-order valence-corrected chi connectivity index (χ2v) is 6.10. The molecule has 3 rings (SSSR count). The Morgan fingerprint density at radius 3 is 2.76 bits per heavy atom. The molecule has 0 unspecified atom stereocenters. The van der Waals surface area contributed by atoms with Gasteiger partial charge in [0, 0.05) is 25.1 Å². The summed E-state index contributed by atoms with van der Waals surface area (Å²) in [4.78, 5) is 14.3. The minimum Gasteiger partial charge on any atom is -0.361 e. The highest BCUT2D eigenvalue weighted by Crippen LogP contribution is 2.24. The monoisotopic (exact) mass is 338 g/mol. The summed E-state index contributed by atoms with van der Waals surface area (Å²) in [5.41, 5.74) is 3.09. The van der Waals surface area contributed by atoms with Crippen LogP contribution < -0.4 is 0 Å². The number of aromatic nitrogens is 3. The summed E-state index contributed by atoms with van der Waals surface area (Å²) < 4.78 is 5.21. The highest BCUT2D eigenvalue weighted by Gasteiger charge is 2.23. The second-order valence-electron chi connectivity index (χ2n) is 6.10. The van der Waals surface area contributed by atoms with Gasteiger partial charge in [-0.15, -0.1) is 0 Å². The lowest BCUT2D eigenvalue weighted by molar-refractivity contribution is 0.0729. The van der Waals surface area contributed by atoms with Crippen molar-refractivity contribution < 1.29 is 9.32 Å². The largest absolute Gasteiger partial charge is 0.361 e. The van der Waals surface area contributed by atoms with Crippen LogP contribution in [0.2, 0.25) is 0 Å². The highest BCUT2D eigenvalue weighted by atomic mass is 16.5. The van der Waals surface area contributed by atoms with E-state index in [4.69, 9.17) is 4.52 Å². The van der Waals surface area contributed by atoms with E-state index in [1.807, 2.05) is 43.3 Å². The van der Waals surface area contributed by atoms with E-state index < -0.39 is 0 Å². The Kier molecular flexibility index (Phi) is 4.97. The number of benzene rings is 1. The van der Waals surface area contributed by atoms with Gasteiger partial charge in [0.05, 0.1) is 17.4 Å². The topological polar surface area (TPSA) is 75.0 Å². The van der Waals surface area contributed by atoms with Crippen LogP contribution >= 0.6 is 0 Å². The van der Waals surface area contributed by atoms with Crippen molar-refractivity contribution >= 4 is 5.91 Å². The third-order valence-electron chi connectivity index (χ3n) is 4.29. The predicted octanol–water partition coefficient (Wildman–Crippen LogP) is 3.85. The first-order chi connectivity index (χ1) is 12.1. The summed E-state index contributed by atoms with van der Waals surface area (Å²) in [7, 11) is 1.75. The van der Waals surface area contributed by atoms with Crippen LogP contribution in [-0.2, 0) is 6.42 Å². The zero-order valence-corrected chi connectivity index (χ0v) is 14.7. The molecule has 0 radical (unpaired) electrons. The molecule has 0 saturated carbocycles. The normalized spacial score (nSPS) is 12.1. The Morgan fingerprint density at radius 2 is 2.04 bits per heavy atom. The van der Waals surface area contributed by atoms with Gasteiger partial charge in [-0.3, -0.25) is 9.89 Å². The number of hydrogen-bond acceptors (Lipinski definition) is 4. The Labute approximate surface area is 146 Å². The molecule has 1 amide bonds. The van der Waals surface area contributed by atoms with Gasteiger partial charge in [0.1, 0.15) is 5.76 Å². The molecule has 0 fully saturated rings. The minimum absolute atomic E-state index is 0.163. The Hall–Kier alpha value is -2.89. The second kappa shape index (κ2) is 7.34. The van der Waals surface area contributed by atoms with Crippen LogP contribution in [-0.4, -0.2) is 33.2 Å². The summed E-state index contributed by atoms with van der Waals surface area (Å²) in [6.07, 6.45) is 1.73. The zero-order chi connectivity index (χ0) is 17.8. The summed E-state index contributed by atoms with van der Waals surface area (Å²) in [6, 6.07) is 13.4. The van der Waals surface area contributed by atoms with Gasteiger partial charge in [-0.2, -0.15) is 5.10 Å². The van der Waals surface area contributed by atoms with Crippen molar-refractivity contribution in [1.82, 2.24) is 20.3 Å². The van der Waals surface area contributed by atoms with E-state index in [-0.39, 0.29) is 11.9 Å². The number of nitrogens with one attached hydrogen (secondary N) is 1. The maximum atomic E-state index is 12.6. The summed E-state index contributed by atoms with van der Waals surface area (Å²) >= 11 is 0. The number of aromatic amines is 1. The SMILES string of the molecule is CCCc1cc(C(=O)N(C)[C@H](C)c2cc(-c3ccccc3)n[nH]2)no1. The summed E-state index contributed by atoms with van der Waals surface area (Å²) in [6.45, 7) is 4.01. The molecule has 6 heteroatoms. The van der Waals surface area contributed by atoms with E-state index in [0.717, 1.165) is 35.6 Å². The first kappa shape index (κ1) is 17.0. The molecule has 2 aromatic heterocycles. The summed E-state index contributed by atoms with van der Waals surface area (Å²) in [5.74, 6) is 0.564. The molecule has 0 spiro atoms. The van der Waals surface area contributed by atoms with Crippen molar-refractivity contribution in [2.75, 3.05) is 7.05 Å². The van der Waals surface area contributed by atoms with Gasteiger partial charge in [0.25, 0.3) is 5.91 Å². The Balaban J connectivity index is 1.74. The lowest BCUT2D eigenvalue weighted by atomic mass is 10.1. The number of H-pyrrole nitrogens is 1. The molecule has 1 N–H and O–H groups in total. The molecule has 6 nitrogen and oxygen atoms in total. The van der Waals surface area contributed by atoms with Crippen molar-refractivity contribution in [2.45, 2.75) is 32.7 Å². The number of hydrogen-bond donors (Lipinski definition) is 1. The van der Waals surface area contributed by atoms with E-state index in [0.29, 0.717) is 5.69 Å². The maximum absolute atomic E-state index is 12.6. The molecule has 3 aromatic rings. The van der Waals surface area contributed by atoms with Gasteiger partial charge < -0.3 is 9.42 Å². The van der Waals surface area contributed by atoms with E-state index in [9.17, 15) is 4.79 Å². The standard InChI is InChI=1S/C19H22N4O2/c1-4-8-15-11-18(22-25-15)19(24)23(3)13(2)16-12-17(21-20-16)14-9-6-5-7-10-14/h5-7,9-13H,4,8H2,1-3H3,(H,20,21)/t13-/m1/s1. The van der Waals surface area contributed by atoms with E-state index in [1.54, 1.807) is 18.0 Å². The molecule has 25 heavy (non-hydrogen) atoms. The van der Waals surface area contributed by atoms with Crippen molar-refractivity contribution in [2.24, 2.45) is 0 Å². The lowest BCUT2D eigenvalue weighted by Gasteiger charge is -2.22. The molecule has 0 aliphatic heterocycles. The smallest absolute Gasteiger partial charge is 0.276 e. The molecule has 0 bridgehead atoms.